The van der Waals surface area contributed by atoms with Crippen molar-refractivity contribution in [1.29, 1.82) is 0 Å². The van der Waals surface area contributed by atoms with E-state index >= 15 is 0 Å². The molecule has 1 saturated heterocycles. The number of carbonyl (C=O) groups is 1. The molecule has 0 bridgehead atoms. The van der Waals surface area contributed by atoms with Crippen molar-refractivity contribution in [2.45, 2.75) is 50.3 Å². The van der Waals surface area contributed by atoms with Crippen LogP contribution in [-0.4, -0.2) is 40.8 Å². The SMILES string of the molecule is Cl.O=C(CSCc1nc2sc3c(c2c(=O)[nH]1)CCCC3)NC1CCCNC1. The van der Waals surface area contributed by atoms with Gasteiger partial charge in [-0.05, 0) is 50.6 Å². The van der Waals surface area contributed by atoms with Crippen molar-refractivity contribution in [2.24, 2.45) is 0 Å². The Morgan fingerprint density at radius 2 is 2.15 bits per heavy atom. The van der Waals surface area contributed by atoms with Gasteiger partial charge in [0.05, 0.1) is 16.9 Å². The Morgan fingerprint density at radius 3 is 2.96 bits per heavy atom. The van der Waals surface area contributed by atoms with Crippen molar-refractivity contribution in [3.8, 4) is 0 Å². The Bertz CT molecular complexity index is 861. The van der Waals surface area contributed by atoms with Gasteiger partial charge in [-0.15, -0.1) is 35.5 Å². The molecule has 2 aromatic rings. The summed E-state index contributed by atoms with van der Waals surface area (Å²) in [5.41, 5.74) is 1.19. The van der Waals surface area contributed by atoms with E-state index in [0.29, 0.717) is 17.3 Å². The molecule has 0 radical (unpaired) electrons. The zero-order chi connectivity index (χ0) is 17.9. The molecular weight excluding hydrogens is 404 g/mol. The maximum atomic E-state index is 12.5. The molecule has 3 heterocycles. The lowest BCUT2D eigenvalue weighted by molar-refractivity contribution is -0.119. The van der Waals surface area contributed by atoms with Gasteiger partial charge < -0.3 is 15.6 Å². The van der Waals surface area contributed by atoms with E-state index < -0.39 is 0 Å². The van der Waals surface area contributed by atoms with Gasteiger partial charge >= 0.3 is 0 Å². The average Bonchev–Trinajstić information content (AvgIpc) is 3.01. The van der Waals surface area contributed by atoms with Crippen molar-refractivity contribution < 1.29 is 4.79 Å². The predicted octanol–water partition coefficient (Wildman–Crippen LogP) is 2.39. The molecule has 1 aliphatic carbocycles. The highest BCUT2D eigenvalue weighted by Crippen LogP contribution is 2.33. The number of H-pyrrole nitrogens is 1. The zero-order valence-corrected chi connectivity index (χ0v) is 17.6. The molecule has 1 fully saturated rings. The number of hydrogen-bond donors (Lipinski definition) is 3. The van der Waals surface area contributed by atoms with Gasteiger partial charge in [0.1, 0.15) is 10.7 Å². The van der Waals surface area contributed by atoms with Crippen molar-refractivity contribution in [3.05, 3.63) is 26.6 Å². The number of aryl methyl sites for hydroxylation is 2. The fourth-order valence-electron chi connectivity index (χ4n) is 3.76. The molecular formula is C18H25ClN4O2S2. The summed E-state index contributed by atoms with van der Waals surface area (Å²) in [5, 5.41) is 7.15. The Labute approximate surface area is 172 Å². The van der Waals surface area contributed by atoms with Gasteiger partial charge in [-0.25, -0.2) is 4.98 Å². The molecule has 1 unspecified atom stereocenters. The van der Waals surface area contributed by atoms with Crippen molar-refractivity contribution in [2.75, 3.05) is 18.8 Å². The number of thiophene rings is 1. The van der Waals surface area contributed by atoms with Crippen LogP contribution in [0.15, 0.2) is 4.79 Å². The molecule has 1 amide bonds. The van der Waals surface area contributed by atoms with Gasteiger partial charge in [0.15, 0.2) is 0 Å². The number of rotatable bonds is 5. The van der Waals surface area contributed by atoms with Gasteiger partial charge in [0.25, 0.3) is 5.56 Å². The van der Waals surface area contributed by atoms with E-state index in [-0.39, 0.29) is 29.9 Å². The van der Waals surface area contributed by atoms with E-state index in [2.05, 4.69) is 20.6 Å². The summed E-state index contributed by atoms with van der Waals surface area (Å²) in [6.07, 6.45) is 6.56. The lowest BCUT2D eigenvalue weighted by Crippen LogP contribution is -2.46. The first kappa shape index (κ1) is 20.6. The third-order valence-electron chi connectivity index (χ3n) is 5.01. The second-order valence-electron chi connectivity index (χ2n) is 7.01. The first-order valence-electron chi connectivity index (χ1n) is 9.32. The van der Waals surface area contributed by atoms with Crippen LogP contribution in [0.25, 0.3) is 10.2 Å². The van der Waals surface area contributed by atoms with Gasteiger partial charge in [-0.3, -0.25) is 9.59 Å². The second-order valence-corrected chi connectivity index (χ2v) is 9.08. The molecule has 9 heteroatoms. The van der Waals surface area contributed by atoms with Crippen molar-refractivity contribution in [1.82, 2.24) is 20.6 Å². The van der Waals surface area contributed by atoms with Crippen LogP contribution in [0.4, 0.5) is 0 Å². The first-order valence-corrected chi connectivity index (χ1v) is 11.3. The number of thioether (sulfide) groups is 1. The first-order chi connectivity index (χ1) is 12.7. The van der Waals surface area contributed by atoms with E-state index in [4.69, 9.17) is 0 Å². The molecule has 27 heavy (non-hydrogen) atoms. The van der Waals surface area contributed by atoms with Crippen LogP contribution in [0.5, 0.6) is 0 Å². The van der Waals surface area contributed by atoms with Gasteiger partial charge in [0.2, 0.25) is 5.91 Å². The number of hydrogen-bond acceptors (Lipinski definition) is 6. The Kier molecular flexibility index (Phi) is 7.19. The maximum absolute atomic E-state index is 12.5. The minimum Gasteiger partial charge on any atom is -0.351 e. The molecule has 0 aromatic carbocycles. The molecule has 1 aliphatic heterocycles. The van der Waals surface area contributed by atoms with Gasteiger partial charge in [-0.1, -0.05) is 0 Å². The van der Waals surface area contributed by atoms with E-state index in [1.807, 2.05) is 0 Å². The second kappa shape index (κ2) is 9.41. The van der Waals surface area contributed by atoms with Crippen molar-refractivity contribution in [3.63, 3.8) is 0 Å². The molecule has 4 rings (SSSR count). The quantitative estimate of drug-likeness (QED) is 0.680. The number of aromatic nitrogens is 2. The fourth-order valence-corrected chi connectivity index (χ4v) is 5.74. The molecule has 0 spiro atoms. The van der Waals surface area contributed by atoms with Crippen LogP contribution in [0.3, 0.4) is 0 Å². The fraction of sp³-hybridized carbons (Fsp3) is 0.611. The molecule has 148 valence electrons. The number of piperidine rings is 1. The highest BCUT2D eigenvalue weighted by molar-refractivity contribution is 7.99. The van der Waals surface area contributed by atoms with Crippen LogP contribution in [0, 0.1) is 0 Å². The largest absolute Gasteiger partial charge is 0.351 e. The summed E-state index contributed by atoms with van der Waals surface area (Å²) in [5.74, 6) is 1.65. The summed E-state index contributed by atoms with van der Waals surface area (Å²) >= 11 is 3.16. The number of aromatic amines is 1. The smallest absolute Gasteiger partial charge is 0.259 e. The lowest BCUT2D eigenvalue weighted by atomic mass is 9.97. The number of nitrogens with zero attached hydrogens (tertiary/aromatic N) is 1. The van der Waals surface area contributed by atoms with E-state index in [0.717, 1.165) is 55.4 Å². The highest BCUT2D eigenvalue weighted by atomic mass is 35.5. The molecule has 6 nitrogen and oxygen atoms in total. The predicted molar refractivity (Wildman–Crippen MR) is 114 cm³/mol. The number of halogens is 1. The third kappa shape index (κ3) is 4.85. The number of amides is 1. The van der Waals surface area contributed by atoms with Gasteiger partial charge in [0, 0.05) is 17.5 Å². The van der Waals surface area contributed by atoms with Gasteiger partial charge in [-0.2, -0.15) is 0 Å². The van der Waals surface area contributed by atoms with Crippen LogP contribution in [-0.2, 0) is 23.4 Å². The Morgan fingerprint density at radius 1 is 1.30 bits per heavy atom. The molecule has 2 aromatic heterocycles. The Balaban J connectivity index is 0.00000210. The monoisotopic (exact) mass is 428 g/mol. The zero-order valence-electron chi connectivity index (χ0n) is 15.1. The number of fused-ring (bicyclic) bond motifs is 3. The van der Waals surface area contributed by atoms with Crippen LogP contribution >= 0.6 is 35.5 Å². The summed E-state index contributed by atoms with van der Waals surface area (Å²) in [6.45, 7) is 1.89. The van der Waals surface area contributed by atoms with Crippen molar-refractivity contribution >= 4 is 51.6 Å². The minimum atomic E-state index is -0.0252. The van der Waals surface area contributed by atoms with Crippen LogP contribution < -0.4 is 16.2 Å². The number of nitrogens with one attached hydrogen (secondary N) is 3. The molecule has 3 N–H and O–H groups in total. The van der Waals surface area contributed by atoms with E-state index in [1.54, 1.807) is 11.3 Å². The summed E-state index contributed by atoms with van der Waals surface area (Å²) in [7, 11) is 0. The third-order valence-corrected chi connectivity index (χ3v) is 7.14. The summed E-state index contributed by atoms with van der Waals surface area (Å²) < 4.78 is 0. The summed E-state index contributed by atoms with van der Waals surface area (Å²) in [6, 6.07) is 0.239. The molecule has 1 atom stereocenters. The van der Waals surface area contributed by atoms with Crippen LogP contribution in [0.2, 0.25) is 0 Å². The topological polar surface area (TPSA) is 86.9 Å². The normalized spacial score (nSPS) is 19.3. The standard InChI is InChI=1S/C18H24N4O2S2.ClH/c23-15(20-11-4-3-7-19-8-11)10-25-9-14-21-17(24)16-12-5-1-2-6-13(12)26-18(16)22-14;/h11,19H,1-10H2,(H,20,23)(H,21,22,24);1H. The molecule has 2 aliphatic rings. The lowest BCUT2D eigenvalue weighted by Gasteiger charge is -2.23. The highest BCUT2D eigenvalue weighted by Gasteiger charge is 2.20. The van der Waals surface area contributed by atoms with E-state index in [9.17, 15) is 9.59 Å². The Hall–Kier alpha value is -1.09. The number of carbonyl (C=O) groups excluding carboxylic acids is 1. The van der Waals surface area contributed by atoms with Crippen LogP contribution in [0.1, 0.15) is 41.9 Å². The maximum Gasteiger partial charge on any atom is 0.259 e. The summed E-state index contributed by atoms with van der Waals surface area (Å²) in [4.78, 5) is 34.3. The average molecular weight is 429 g/mol. The van der Waals surface area contributed by atoms with E-state index in [1.165, 1.54) is 28.6 Å². The molecule has 0 saturated carbocycles. The minimum absolute atomic E-state index is 0.